The van der Waals surface area contributed by atoms with Gasteiger partial charge in [0.15, 0.2) is 5.82 Å². The van der Waals surface area contributed by atoms with Crippen LogP contribution in [0.4, 0.5) is 11.5 Å². The highest BCUT2D eigenvalue weighted by atomic mass is 15.3. The Bertz CT molecular complexity index is 1070. The van der Waals surface area contributed by atoms with Crippen LogP contribution < -0.4 is 5.32 Å². The van der Waals surface area contributed by atoms with Gasteiger partial charge in [0.2, 0.25) is 0 Å². The Balaban J connectivity index is 1.81. The lowest BCUT2D eigenvalue weighted by atomic mass is 10.2. The molecule has 2 aromatic carbocycles. The van der Waals surface area contributed by atoms with Crippen LogP contribution in [-0.4, -0.2) is 20.0 Å². The smallest absolute Gasteiger partial charge is 0.160 e. The Hall–Kier alpha value is -3.34. The molecule has 2 aromatic heterocycles. The standard InChI is InChI=1S/C19H17N5/c1-3-6-13(2)24-18-8-5-4-7-16(18)19(23-24)21-15-9-10-17-14(11-15)12-20-22-17/h3-12H,1H2,2H3,(H,20,22)(H,21,23)/b13-6+. The number of fused-ring (bicyclic) bond motifs is 2. The molecule has 0 spiro atoms. The fraction of sp³-hybridized carbons (Fsp3) is 0.0526. The van der Waals surface area contributed by atoms with Crippen LogP contribution in [0.25, 0.3) is 27.5 Å². The molecule has 0 aliphatic carbocycles. The van der Waals surface area contributed by atoms with Crippen molar-refractivity contribution in [1.29, 1.82) is 0 Å². The second-order valence-electron chi connectivity index (χ2n) is 5.62. The van der Waals surface area contributed by atoms with Gasteiger partial charge in [0, 0.05) is 22.2 Å². The molecule has 24 heavy (non-hydrogen) atoms. The molecule has 0 amide bonds. The first-order valence-electron chi connectivity index (χ1n) is 7.74. The van der Waals surface area contributed by atoms with E-state index >= 15 is 0 Å². The number of H-pyrrole nitrogens is 1. The van der Waals surface area contributed by atoms with Crippen molar-refractivity contribution >= 4 is 39.0 Å². The van der Waals surface area contributed by atoms with E-state index in [9.17, 15) is 0 Å². The van der Waals surface area contributed by atoms with E-state index in [0.29, 0.717) is 0 Å². The van der Waals surface area contributed by atoms with E-state index in [-0.39, 0.29) is 0 Å². The largest absolute Gasteiger partial charge is 0.338 e. The van der Waals surface area contributed by atoms with Gasteiger partial charge >= 0.3 is 0 Å². The lowest BCUT2D eigenvalue weighted by Gasteiger charge is -2.04. The minimum Gasteiger partial charge on any atom is -0.338 e. The Morgan fingerprint density at radius 1 is 1.25 bits per heavy atom. The van der Waals surface area contributed by atoms with Crippen molar-refractivity contribution in [2.75, 3.05) is 5.32 Å². The van der Waals surface area contributed by atoms with Crippen LogP contribution in [0.5, 0.6) is 0 Å². The molecular formula is C19H17N5. The number of allylic oxidation sites excluding steroid dienone is 3. The first-order valence-corrected chi connectivity index (χ1v) is 7.74. The molecule has 118 valence electrons. The van der Waals surface area contributed by atoms with Gasteiger partial charge in [-0.1, -0.05) is 24.8 Å². The number of nitrogens with zero attached hydrogens (tertiary/aromatic N) is 3. The molecule has 5 heteroatoms. The number of aromatic amines is 1. The third kappa shape index (κ3) is 2.36. The van der Waals surface area contributed by atoms with E-state index in [1.165, 1.54) is 0 Å². The summed E-state index contributed by atoms with van der Waals surface area (Å²) in [7, 11) is 0. The number of anilines is 2. The summed E-state index contributed by atoms with van der Waals surface area (Å²) in [6.45, 7) is 5.78. The third-order valence-electron chi connectivity index (χ3n) is 3.98. The predicted molar refractivity (Wildman–Crippen MR) is 99.3 cm³/mol. The maximum Gasteiger partial charge on any atom is 0.160 e. The molecule has 2 N–H and O–H groups in total. The van der Waals surface area contributed by atoms with Crippen LogP contribution in [0, 0.1) is 0 Å². The Morgan fingerprint density at radius 2 is 2.12 bits per heavy atom. The normalized spacial score (nSPS) is 12.0. The van der Waals surface area contributed by atoms with Crippen molar-refractivity contribution in [1.82, 2.24) is 20.0 Å². The van der Waals surface area contributed by atoms with E-state index in [0.717, 1.165) is 39.0 Å². The van der Waals surface area contributed by atoms with Gasteiger partial charge in [-0.25, -0.2) is 4.68 Å². The van der Waals surface area contributed by atoms with E-state index in [1.807, 2.05) is 48.1 Å². The minimum absolute atomic E-state index is 0.824. The van der Waals surface area contributed by atoms with Crippen molar-refractivity contribution in [3.63, 3.8) is 0 Å². The molecule has 0 bridgehead atoms. The van der Waals surface area contributed by atoms with Crippen molar-refractivity contribution in [2.24, 2.45) is 0 Å². The summed E-state index contributed by atoms with van der Waals surface area (Å²) in [4.78, 5) is 0. The average Bonchev–Trinajstić information content (AvgIpc) is 3.20. The molecule has 0 unspecified atom stereocenters. The maximum atomic E-state index is 4.74. The zero-order valence-corrected chi connectivity index (χ0v) is 13.3. The van der Waals surface area contributed by atoms with Crippen molar-refractivity contribution < 1.29 is 0 Å². The second-order valence-corrected chi connectivity index (χ2v) is 5.62. The van der Waals surface area contributed by atoms with Gasteiger partial charge in [-0.3, -0.25) is 5.10 Å². The van der Waals surface area contributed by atoms with Crippen LogP contribution in [-0.2, 0) is 0 Å². The van der Waals surface area contributed by atoms with Crippen LogP contribution in [0.1, 0.15) is 6.92 Å². The number of benzene rings is 2. The van der Waals surface area contributed by atoms with E-state index in [2.05, 4.69) is 40.3 Å². The van der Waals surface area contributed by atoms with Gasteiger partial charge < -0.3 is 5.32 Å². The van der Waals surface area contributed by atoms with Crippen LogP contribution in [0.2, 0.25) is 0 Å². The summed E-state index contributed by atoms with van der Waals surface area (Å²) in [5, 5.41) is 17.3. The summed E-state index contributed by atoms with van der Waals surface area (Å²) >= 11 is 0. The fourth-order valence-corrected chi connectivity index (χ4v) is 2.83. The van der Waals surface area contributed by atoms with E-state index < -0.39 is 0 Å². The topological polar surface area (TPSA) is 58.5 Å². The second kappa shape index (κ2) is 5.70. The molecule has 0 saturated carbocycles. The predicted octanol–water partition coefficient (Wildman–Crippen LogP) is 4.70. The lowest BCUT2D eigenvalue weighted by Crippen LogP contribution is -1.97. The van der Waals surface area contributed by atoms with Gasteiger partial charge in [0.05, 0.1) is 17.2 Å². The summed E-state index contributed by atoms with van der Waals surface area (Å²) in [6, 6.07) is 14.2. The highest BCUT2D eigenvalue weighted by Gasteiger charge is 2.11. The number of aromatic nitrogens is 4. The molecule has 0 saturated heterocycles. The summed E-state index contributed by atoms with van der Waals surface area (Å²) < 4.78 is 1.93. The molecule has 0 fully saturated rings. The van der Waals surface area contributed by atoms with E-state index in [1.54, 1.807) is 6.08 Å². The summed E-state index contributed by atoms with van der Waals surface area (Å²) in [5.74, 6) is 0.824. The first-order chi connectivity index (χ1) is 11.8. The minimum atomic E-state index is 0.824. The Morgan fingerprint density at radius 3 is 3.00 bits per heavy atom. The SMILES string of the molecule is C=C/C=C(\C)n1nc(Nc2ccc3[nH]ncc3c2)c2ccccc21. The Labute approximate surface area is 139 Å². The van der Waals surface area contributed by atoms with Gasteiger partial charge in [-0.15, -0.1) is 5.10 Å². The van der Waals surface area contributed by atoms with Crippen LogP contribution >= 0.6 is 0 Å². The molecule has 0 radical (unpaired) electrons. The molecule has 0 atom stereocenters. The molecule has 0 aliphatic rings. The van der Waals surface area contributed by atoms with Gasteiger partial charge in [0.1, 0.15) is 0 Å². The van der Waals surface area contributed by atoms with Crippen molar-refractivity contribution in [3.05, 3.63) is 67.4 Å². The third-order valence-corrected chi connectivity index (χ3v) is 3.98. The number of hydrogen-bond acceptors (Lipinski definition) is 3. The summed E-state index contributed by atoms with van der Waals surface area (Å²) in [6.07, 6.45) is 5.53. The molecule has 4 rings (SSSR count). The van der Waals surface area contributed by atoms with Crippen molar-refractivity contribution in [2.45, 2.75) is 6.92 Å². The fourth-order valence-electron chi connectivity index (χ4n) is 2.83. The van der Waals surface area contributed by atoms with Gasteiger partial charge in [-0.2, -0.15) is 5.10 Å². The zero-order chi connectivity index (χ0) is 16.5. The molecular weight excluding hydrogens is 298 g/mol. The molecule has 2 heterocycles. The lowest BCUT2D eigenvalue weighted by molar-refractivity contribution is 0.930. The molecule has 0 aliphatic heterocycles. The quantitative estimate of drug-likeness (QED) is 0.536. The van der Waals surface area contributed by atoms with Gasteiger partial charge in [-0.05, 0) is 43.3 Å². The molecule has 5 nitrogen and oxygen atoms in total. The highest BCUT2D eigenvalue weighted by molar-refractivity contribution is 5.94. The van der Waals surface area contributed by atoms with Crippen LogP contribution in [0.3, 0.4) is 0 Å². The van der Waals surface area contributed by atoms with E-state index in [4.69, 9.17) is 5.10 Å². The first kappa shape index (κ1) is 14.3. The summed E-state index contributed by atoms with van der Waals surface area (Å²) in [5.41, 5.74) is 4.06. The number of rotatable bonds is 4. The number of nitrogens with one attached hydrogen (secondary N) is 2. The van der Waals surface area contributed by atoms with Gasteiger partial charge in [0.25, 0.3) is 0 Å². The number of para-hydroxylation sites is 1. The highest BCUT2D eigenvalue weighted by Crippen LogP contribution is 2.28. The number of hydrogen-bond donors (Lipinski definition) is 2. The van der Waals surface area contributed by atoms with Crippen LogP contribution in [0.15, 0.2) is 67.4 Å². The van der Waals surface area contributed by atoms with Crippen molar-refractivity contribution in [3.8, 4) is 0 Å². The monoisotopic (exact) mass is 315 g/mol. The zero-order valence-electron chi connectivity index (χ0n) is 13.3. The maximum absolute atomic E-state index is 4.74. The average molecular weight is 315 g/mol. The molecule has 4 aromatic rings. The Kier molecular flexibility index (Phi) is 3.39.